The van der Waals surface area contributed by atoms with E-state index in [2.05, 4.69) is 31.4 Å². The Morgan fingerprint density at radius 1 is 1.39 bits per heavy atom. The lowest BCUT2D eigenvalue weighted by atomic mass is 9.93. The summed E-state index contributed by atoms with van der Waals surface area (Å²) in [5, 5.41) is 6.57. The third-order valence-corrected chi connectivity index (χ3v) is 4.85. The number of hydrogen-bond acceptors (Lipinski definition) is 3. The number of carbonyl (C=O) groups excluding carboxylic acids is 2. The molecule has 2 amide bonds. The van der Waals surface area contributed by atoms with Crippen LogP contribution in [0, 0.1) is 11.8 Å². The molecule has 0 aromatic rings. The van der Waals surface area contributed by atoms with Crippen molar-refractivity contribution in [1.29, 1.82) is 0 Å². The number of carbonyl (C=O) groups is 2. The maximum atomic E-state index is 12.8. The Hall–Kier alpha value is -0.810. The van der Waals surface area contributed by atoms with E-state index in [0.717, 1.165) is 45.3 Å². The Morgan fingerprint density at radius 3 is 2.74 bits per heavy atom. The topological polar surface area (TPSA) is 61.4 Å². The quantitative estimate of drug-likeness (QED) is 0.800. The number of piperidine rings is 2. The fourth-order valence-electron chi connectivity index (χ4n) is 3.49. The van der Waals surface area contributed by atoms with E-state index in [4.69, 9.17) is 0 Å². The number of rotatable bonds is 5. The molecule has 2 saturated heterocycles. The molecule has 3 atom stereocenters. The summed E-state index contributed by atoms with van der Waals surface area (Å²) >= 11 is 0. The van der Waals surface area contributed by atoms with Crippen LogP contribution in [0.15, 0.2) is 0 Å². The monoisotopic (exact) mass is 345 g/mol. The first-order valence-corrected chi connectivity index (χ1v) is 8.79. The summed E-state index contributed by atoms with van der Waals surface area (Å²) in [5.41, 5.74) is 0. The van der Waals surface area contributed by atoms with Crippen molar-refractivity contribution in [2.45, 2.75) is 65.0 Å². The molecule has 2 N–H and O–H groups in total. The molecule has 0 bridgehead atoms. The second-order valence-electron chi connectivity index (χ2n) is 7.27. The molecule has 134 valence electrons. The van der Waals surface area contributed by atoms with E-state index in [9.17, 15) is 9.59 Å². The second kappa shape index (κ2) is 9.48. The van der Waals surface area contributed by atoms with E-state index in [0.29, 0.717) is 18.3 Å². The summed E-state index contributed by atoms with van der Waals surface area (Å²) in [6, 6.07) is -0.0711. The minimum atomic E-state index is -0.296. The van der Waals surface area contributed by atoms with Gasteiger partial charge in [-0.3, -0.25) is 9.59 Å². The van der Waals surface area contributed by atoms with E-state index < -0.39 is 0 Å². The zero-order valence-electron chi connectivity index (χ0n) is 14.6. The van der Waals surface area contributed by atoms with Crippen molar-refractivity contribution in [2.75, 3.05) is 19.6 Å². The summed E-state index contributed by atoms with van der Waals surface area (Å²) in [6.45, 7) is 9.02. The highest BCUT2D eigenvalue weighted by Crippen LogP contribution is 2.20. The van der Waals surface area contributed by atoms with Gasteiger partial charge in [-0.15, -0.1) is 12.4 Å². The van der Waals surface area contributed by atoms with Crippen LogP contribution in [0.2, 0.25) is 0 Å². The Kier molecular flexibility index (Phi) is 8.34. The van der Waals surface area contributed by atoms with Gasteiger partial charge in [-0.2, -0.15) is 0 Å². The van der Waals surface area contributed by atoms with Gasteiger partial charge < -0.3 is 15.5 Å². The van der Waals surface area contributed by atoms with Gasteiger partial charge in [0, 0.05) is 19.0 Å². The molecule has 0 spiro atoms. The largest absolute Gasteiger partial charge is 0.351 e. The minimum Gasteiger partial charge on any atom is -0.351 e. The van der Waals surface area contributed by atoms with Crippen LogP contribution in [0.25, 0.3) is 0 Å². The SMILES string of the molecule is CC(C)CC(C(=O)NC1CCNCC1C)N1CCCCC1=O.Cl. The zero-order chi connectivity index (χ0) is 16.1. The predicted octanol–water partition coefficient (Wildman–Crippen LogP) is 1.95. The molecule has 23 heavy (non-hydrogen) atoms. The first kappa shape index (κ1) is 20.2. The molecule has 2 rings (SSSR count). The molecule has 2 heterocycles. The average molecular weight is 346 g/mol. The first-order valence-electron chi connectivity index (χ1n) is 8.79. The molecule has 0 aromatic carbocycles. The highest BCUT2D eigenvalue weighted by atomic mass is 35.5. The van der Waals surface area contributed by atoms with Crippen LogP contribution >= 0.6 is 12.4 Å². The molecule has 2 aliphatic rings. The lowest BCUT2D eigenvalue weighted by molar-refractivity contribution is -0.143. The summed E-state index contributed by atoms with van der Waals surface area (Å²) in [7, 11) is 0. The van der Waals surface area contributed by atoms with Crippen molar-refractivity contribution in [3.05, 3.63) is 0 Å². The smallest absolute Gasteiger partial charge is 0.243 e. The van der Waals surface area contributed by atoms with Gasteiger partial charge in [-0.1, -0.05) is 20.8 Å². The molecule has 6 heteroatoms. The zero-order valence-corrected chi connectivity index (χ0v) is 15.5. The van der Waals surface area contributed by atoms with E-state index in [1.165, 1.54) is 0 Å². The predicted molar refractivity (Wildman–Crippen MR) is 94.6 cm³/mol. The second-order valence-corrected chi connectivity index (χ2v) is 7.27. The van der Waals surface area contributed by atoms with E-state index >= 15 is 0 Å². The van der Waals surface area contributed by atoms with Gasteiger partial charge in [0.1, 0.15) is 6.04 Å². The maximum absolute atomic E-state index is 12.8. The number of halogens is 1. The molecule has 2 aliphatic heterocycles. The van der Waals surface area contributed by atoms with Gasteiger partial charge in [0.25, 0.3) is 0 Å². The Labute approximate surface area is 146 Å². The van der Waals surface area contributed by atoms with Crippen molar-refractivity contribution in [2.24, 2.45) is 11.8 Å². The van der Waals surface area contributed by atoms with Crippen molar-refractivity contribution >= 4 is 24.2 Å². The first-order chi connectivity index (χ1) is 10.5. The maximum Gasteiger partial charge on any atom is 0.243 e. The number of nitrogens with zero attached hydrogens (tertiary/aromatic N) is 1. The van der Waals surface area contributed by atoms with Crippen molar-refractivity contribution in [1.82, 2.24) is 15.5 Å². The lowest BCUT2D eigenvalue weighted by Crippen LogP contribution is -2.56. The summed E-state index contributed by atoms with van der Waals surface area (Å²) in [5.74, 6) is 1.03. The van der Waals surface area contributed by atoms with Gasteiger partial charge in [-0.05, 0) is 50.6 Å². The molecule has 0 aromatic heterocycles. The van der Waals surface area contributed by atoms with Crippen LogP contribution in [-0.2, 0) is 9.59 Å². The number of nitrogens with one attached hydrogen (secondary N) is 2. The summed E-state index contributed by atoms with van der Waals surface area (Å²) in [4.78, 5) is 26.9. The van der Waals surface area contributed by atoms with Gasteiger partial charge >= 0.3 is 0 Å². The van der Waals surface area contributed by atoms with E-state index in [1.54, 1.807) is 0 Å². The molecule has 5 nitrogen and oxygen atoms in total. The summed E-state index contributed by atoms with van der Waals surface area (Å²) in [6.07, 6.45) is 4.27. The van der Waals surface area contributed by atoms with Crippen LogP contribution in [0.1, 0.15) is 52.9 Å². The Balaban J connectivity index is 0.00000264. The Bertz CT molecular complexity index is 403. The third-order valence-electron chi connectivity index (χ3n) is 4.85. The molecular formula is C17H32ClN3O2. The standard InChI is InChI=1S/C17H31N3O2.ClH/c1-12(2)10-15(20-9-5-4-6-16(20)21)17(22)19-14-7-8-18-11-13(14)3;/h12-15,18H,4-11H2,1-3H3,(H,19,22);1H. The van der Waals surface area contributed by atoms with Crippen molar-refractivity contribution in [3.8, 4) is 0 Å². The van der Waals surface area contributed by atoms with E-state index in [1.807, 2.05) is 4.90 Å². The molecule has 0 radical (unpaired) electrons. The van der Waals surface area contributed by atoms with Crippen LogP contribution in [-0.4, -0.2) is 48.4 Å². The molecule has 0 saturated carbocycles. The fraction of sp³-hybridized carbons (Fsp3) is 0.882. The van der Waals surface area contributed by atoms with Crippen molar-refractivity contribution < 1.29 is 9.59 Å². The van der Waals surface area contributed by atoms with E-state index in [-0.39, 0.29) is 36.3 Å². The van der Waals surface area contributed by atoms with Crippen LogP contribution < -0.4 is 10.6 Å². The Morgan fingerprint density at radius 2 is 2.13 bits per heavy atom. The highest BCUT2D eigenvalue weighted by Gasteiger charge is 2.33. The van der Waals surface area contributed by atoms with Crippen LogP contribution in [0.4, 0.5) is 0 Å². The average Bonchev–Trinajstić information content (AvgIpc) is 2.48. The van der Waals surface area contributed by atoms with Gasteiger partial charge in [-0.25, -0.2) is 0 Å². The third kappa shape index (κ3) is 5.64. The molecule has 2 fully saturated rings. The summed E-state index contributed by atoms with van der Waals surface area (Å²) < 4.78 is 0. The molecule has 0 aliphatic carbocycles. The van der Waals surface area contributed by atoms with Gasteiger partial charge in [0.2, 0.25) is 11.8 Å². The molecule has 3 unspecified atom stereocenters. The lowest BCUT2D eigenvalue weighted by Gasteiger charge is -2.37. The number of hydrogen-bond donors (Lipinski definition) is 2. The fourth-order valence-corrected chi connectivity index (χ4v) is 3.49. The van der Waals surface area contributed by atoms with Crippen LogP contribution in [0.3, 0.4) is 0 Å². The number of amides is 2. The van der Waals surface area contributed by atoms with Crippen LogP contribution in [0.5, 0.6) is 0 Å². The molecular weight excluding hydrogens is 314 g/mol. The highest BCUT2D eigenvalue weighted by molar-refractivity contribution is 5.88. The van der Waals surface area contributed by atoms with Gasteiger partial charge in [0.05, 0.1) is 0 Å². The normalized spacial score (nSPS) is 26.6. The van der Waals surface area contributed by atoms with Gasteiger partial charge in [0.15, 0.2) is 0 Å². The van der Waals surface area contributed by atoms with Crippen molar-refractivity contribution in [3.63, 3.8) is 0 Å². The number of likely N-dealkylation sites (tertiary alicyclic amines) is 1. The minimum absolute atomic E-state index is 0.